The lowest BCUT2D eigenvalue weighted by molar-refractivity contribution is -0.136. The van der Waals surface area contributed by atoms with Crippen LogP contribution in [0.25, 0.3) is 0 Å². The lowest BCUT2D eigenvalue weighted by Crippen LogP contribution is -2.50. The van der Waals surface area contributed by atoms with Crippen molar-refractivity contribution in [1.82, 2.24) is 15.1 Å². The van der Waals surface area contributed by atoms with Crippen LogP contribution in [0.1, 0.15) is 39.5 Å². The number of nitrogens with one attached hydrogen (secondary N) is 1. The number of hydrogen-bond donors (Lipinski definition) is 2. The molecule has 3 amide bonds. The fraction of sp³-hybridized carbons (Fsp3) is 0.889. The Hall–Kier alpha value is -1.30. The molecule has 0 aromatic carbocycles. The Kier molecular flexibility index (Phi) is 5.33. The summed E-state index contributed by atoms with van der Waals surface area (Å²) in [5.41, 5.74) is 6.18. The Bertz CT molecular complexity index is 482. The molecule has 136 valence electrons. The number of fused-ring (bicyclic) bond motifs is 1. The van der Waals surface area contributed by atoms with Crippen LogP contribution in [0.3, 0.4) is 0 Å². The first kappa shape index (κ1) is 17.5. The van der Waals surface area contributed by atoms with Gasteiger partial charge in [0.15, 0.2) is 0 Å². The zero-order valence-corrected chi connectivity index (χ0v) is 15.0. The predicted octanol–water partition coefficient (Wildman–Crippen LogP) is 1.26. The van der Waals surface area contributed by atoms with E-state index in [2.05, 4.69) is 19.2 Å². The molecule has 2 aliphatic heterocycles. The molecule has 3 rings (SSSR count). The van der Waals surface area contributed by atoms with Gasteiger partial charge in [0.05, 0.1) is 5.92 Å². The molecule has 6 heteroatoms. The maximum Gasteiger partial charge on any atom is 0.317 e. The van der Waals surface area contributed by atoms with E-state index < -0.39 is 0 Å². The van der Waals surface area contributed by atoms with Crippen LogP contribution in [0.5, 0.6) is 0 Å². The van der Waals surface area contributed by atoms with Crippen molar-refractivity contribution in [1.29, 1.82) is 0 Å². The number of likely N-dealkylation sites (tertiary alicyclic amines) is 2. The fourth-order valence-corrected chi connectivity index (χ4v) is 4.51. The Morgan fingerprint density at radius 2 is 1.92 bits per heavy atom. The second kappa shape index (κ2) is 7.30. The Morgan fingerprint density at radius 1 is 1.12 bits per heavy atom. The lowest BCUT2D eigenvalue weighted by atomic mass is 9.96. The highest BCUT2D eigenvalue weighted by molar-refractivity contribution is 5.81. The molecule has 24 heavy (non-hydrogen) atoms. The summed E-state index contributed by atoms with van der Waals surface area (Å²) in [6, 6.07) is 0.235. The molecule has 2 saturated heterocycles. The van der Waals surface area contributed by atoms with Crippen molar-refractivity contribution in [2.45, 2.75) is 45.6 Å². The Morgan fingerprint density at radius 3 is 2.62 bits per heavy atom. The molecule has 4 atom stereocenters. The third kappa shape index (κ3) is 3.68. The number of urea groups is 1. The van der Waals surface area contributed by atoms with E-state index in [9.17, 15) is 9.59 Å². The van der Waals surface area contributed by atoms with Crippen LogP contribution in [-0.2, 0) is 4.79 Å². The number of nitrogens with zero attached hydrogens (tertiary/aromatic N) is 2. The van der Waals surface area contributed by atoms with Gasteiger partial charge in [0.2, 0.25) is 5.91 Å². The van der Waals surface area contributed by atoms with Gasteiger partial charge in [0.1, 0.15) is 0 Å². The van der Waals surface area contributed by atoms with E-state index >= 15 is 0 Å². The van der Waals surface area contributed by atoms with Crippen LogP contribution >= 0.6 is 0 Å². The van der Waals surface area contributed by atoms with Crippen molar-refractivity contribution in [2.24, 2.45) is 29.4 Å². The summed E-state index contributed by atoms with van der Waals surface area (Å²) in [6.45, 7) is 7.84. The van der Waals surface area contributed by atoms with Gasteiger partial charge >= 0.3 is 6.03 Å². The van der Waals surface area contributed by atoms with Crippen molar-refractivity contribution in [2.75, 3.05) is 32.7 Å². The summed E-state index contributed by atoms with van der Waals surface area (Å²) in [4.78, 5) is 29.0. The second-order valence-corrected chi connectivity index (χ2v) is 8.27. The van der Waals surface area contributed by atoms with Crippen LogP contribution in [0, 0.1) is 23.7 Å². The van der Waals surface area contributed by atoms with Gasteiger partial charge in [-0.05, 0) is 43.4 Å². The molecule has 0 radical (unpaired) electrons. The predicted molar refractivity (Wildman–Crippen MR) is 93.3 cm³/mol. The van der Waals surface area contributed by atoms with Gasteiger partial charge < -0.3 is 20.9 Å². The molecule has 3 fully saturated rings. The molecule has 6 nitrogen and oxygen atoms in total. The zero-order valence-electron chi connectivity index (χ0n) is 15.0. The topological polar surface area (TPSA) is 78.7 Å². The highest BCUT2D eigenvalue weighted by Gasteiger charge is 2.44. The average molecular weight is 336 g/mol. The standard InChI is InChI=1S/C18H32N4O2/c1-12(2)8-20-18(24)21-7-3-4-14(10-21)17(23)22-9-13-5-6-16(19)15(13)11-22/h12-16H,3-11,19H2,1-2H3,(H,20,24). The molecule has 0 bridgehead atoms. The van der Waals surface area contributed by atoms with E-state index in [1.807, 2.05) is 9.80 Å². The molecular formula is C18H32N4O2. The summed E-state index contributed by atoms with van der Waals surface area (Å²) < 4.78 is 0. The molecule has 0 aromatic rings. The molecule has 1 saturated carbocycles. The first-order valence-corrected chi connectivity index (χ1v) is 9.53. The van der Waals surface area contributed by atoms with Gasteiger partial charge in [-0.25, -0.2) is 4.79 Å². The highest BCUT2D eigenvalue weighted by Crippen LogP contribution is 2.38. The van der Waals surface area contributed by atoms with Gasteiger partial charge in [0.25, 0.3) is 0 Å². The molecule has 3 aliphatic rings. The van der Waals surface area contributed by atoms with Crippen LogP contribution < -0.4 is 11.1 Å². The van der Waals surface area contributed by atoms with Crippen LogP contribution in [0.15, 0.2) is 0 Å². The smallest absolute Gasteiger partial charge is 0.317 e. The molecule has 3 N–H and O–H groups in total. The van der Waals surface area contributed by atoms with Gasteiger partial charge in [-0.3, -0.25) is 4.79 Å². The number of carbonyl (C=O) groups excluding carboxylic acids is 2. The number of amides is 3. The summed E-state index contributed by atoms with van der Waals surface area (Å²) in [5.74, 6) is 1.71. The van der Waals surface area contributed by atoms with E-state index in [-0.39, 0.29) is 23.9 Å². The van der Waals surface area contributed by atoms with Gasteiger partial charge in [-0.2, -0.15) is 0 Å². The second-order valence-electron chi connectivity index (χ2n) is 8.27. The SMILES string of the molecule is CC(C)CNC(=O)N1CCCC(C(=O)N2CC3CCC(N)C3C2)C1. The van der Waals surface area contributed by atoms with E-state index in [1.165, 1.54) is 0 Å². The minimum Gasteiger partial charge on any atom is -0.342 e. The number of carbonyl (C=O) groups is 2. The van der Waals surface area contributed by atoms with E-state index in [1.54, 1.807) is 0 Å². The Labute approximate surface area is 145 Å². The molecule has 2 heterocycles. The highest BCUT2D eigenvalue weighted by atomic mass is 16.2. The zero-order chi connectivity index (χ0) is 17.3. The van der Waals surface area contributed by atoms with Crippen molar-refractivity contribution < 1.29 is 9.59 Å². The van der Waals surface area contributed by atoms with Crippen LogP contribution in [-0.4, -0.2) is 60.5 Å². The normalized spacial score (nSPS) is 33.0. The first-order chi connectivity index (χ1) is 11.5. The summed E-state index contributed by atoms with van der Waals surface area (Å²) in [7, 11) is 0. The van der Waals surface area contributed by atoms with Crippen LogP contribution in [0.4, 0.5) is 4.79 Å². The van der Waals surface area contributed by atoms with Crippen molar-refractivity contribution in [3.8, 4) is 0 Å². The number of hydrogen-bond acceptors (Lipinski definition) is 3. The molecule has 0 spiro atoms. The van der Waals surface area contributed by atoms with Gasteiger partial charge in [-0.15, -0.1) is 0 Å². The first-order valence-electron chi connectivity index (χ1n) is 9.53. The van der Waals surface area contributed by atoms with E-state index in [0.717, 1.165) is 45.3 Å². The van der Waals surface area contributed by atoms with Crippen LogP contribution in [0.2, 0.25) is 0 Å². The fourth-order valence-electron chi connectivity index (χ4n) is 4.51. The monoisotopic (exact) mass is 336 g/mol. The third-order valence-electron chi connectivity index (χ3n) is 5.94. The minimum atomic E-state index is -0.0430. The lowest BCUT2D eigenvalue weighted by Gasteiger charge is -2.34. The number of nitrogens with two attached hydrogens (primary N) is 1. The molecule has 4 unspecified atom stereocenters. The van der Waals surface area contributed by atoms with Crippen molar-refractivity contribution in [3.05, 3.63) is 0 Å². The number of rotatable bonds is 3. The summed E-state index contributed by atoms with van der Waals surface area (Å²) in [5, 5.41) is 2.96. The van der Waals surface area contributed by atoms with Crippen molar-refractivity contribution in [3.63, 3.8) is 0 Å². The molecular weight excluding hydrogens is 304 g/mol. The van der Waals surface area contributed by atoms with E-state index in [4.69, 9.17) is 5.73 Å². The average Bonchev–Trinajstić information content (AvgIpc) is 3.14. The third-order valence-corrected chi connectivity index (χ3v) is 5.94. The van der Waals surface area contributed by atoms with Gasteiger partial charge in [-0.1, -0.05) is 13.8 Å². The maximum atomic E-state index is 12.9. The maximum absolute atomic E-state index is 12.9. The van der Waals surface area contributed by atoms with E-state index in [0.29, 0.717) is 30.8 Å². The minimum absolute atomic E-state index is 0.0264. The Balaban J connectivity index is 1.53. The van der Waals surface area contributed by atoms with Crippen molar-refractivity contribution >= 4 is 11.9 Å². The molecule has 1 aliphatic carbocycles. The molecule has 0 aromatic heterocycles. The summed E-state index contributed by atoms with van der Waals surface area (Å²) in [6.07, 6.45) is 4.06. The largest absolute Gasteiger partial charge is 0.342 e. The van der Waals surface area contributed by atoms with Gasteiger partial charge in [0, 0.05) is 38.8 Å². The quantitative estimate of drug-likeness (QED) is 0.814. The number of piperidine rings is 1. The summed E-state index contributed by atoms with van der Waals surface area (Å²) >= 11 is 0.